The highest BCUT2D eigenvalue weighted by atomic mass is 16.2. The second kappa shape index (κ2) is 11.4. The van der Waals surface area contributed by atoms with Crippen LogP contribution in [0.4, 0.5) is 0 Å². The van der Waals surface area contributed by atoms with Crippen molar-refractivity contribution < 1.29 is 9.59 Å². The molecule has 160 valence electrons. The second-order valence-electron chi connectivity index (χ2n) is 7.91. The Balaban J connectivity index is 1.72. The van der Waals surface area contributed by atoms with Crippen LogP contribution >= 0.6 is 0 Å². The number of likely N-dealkylation sites (tertiary alicyclic amines) is 1. The molecule has 1 heterocycles. The maximum Gasteiger partial charge on any atom is 0.253 e. The largest absolute Gasteiger partial charge is 0.356 e. The number of nitrogens with zero attached hydrogens (tertiary/aromatic N) is 3. The van der Waals surface area contributed by atoms with E-state index in [2.05, 4.69) is 22.5 Å². The molecule has 1 aromatic carbocycles. The first-order chi connectivity index (χ1) is 13.9. The van der Waals surface area contributed by atoms with Crippen LogP contribution < -0.4 is 10.6 Å². The van der Waals surface area contributed by atoms with Gasteiger partial charge in [-0.25, -0.2) is 0 Å². The summed E-state index contributed by atoms with van der Waals surface area (Å²) in [4.78, 5) is 32.2. The summed E-state index contributed by atoms with van der Waals surface area (Å²) in [5.74, 6) is 1.50. The van der Waals surface area contributed by atoms with E-state index in [1.165, 1.54) is 6.42 Å². The van der Waals surface area contributed by atoms with Crippen molar-refractivity contribution >= 4 is 17.8 Å². The van der Waals surface area contributed by atoms with Crippen molar-refractivity contribution in [3.63, 3.8) is 0 Å². The van der Waals surface area contributed by atoms with E-state index in [0.717, 1.165) is 31.5 Å². The number of hydrogen-bond acceptors (Lipinski definition) is 3. The van der Waals surface area contributed by atoms with Crippen LogP contribution in [0.1, 0.15) is 42.1 Å². The summed E-state index contributed by atoms with van der Waals surface area (Å²) in [6, 6.07) is 7.69. The third-order valence-electron chi connectivity index (χ3n) is 5.15. The van der Waals surface area contributed by atoms with Gasteiger partial charge in [0.1, 0.15) is 0 Å². The SMILES string of the molecule is CN=C(NCCC(=O)N1CCCC(C)C1)NCCc1cccc(C(=O)N(C)C)c1. The van der Waals surface area contributed by atoms with Gasteiger partial charge in [-0.05, 0) is 42.9 Å². The van der Waals surface area contributed by atoms with E-state index < -0.39 is 0 Å². The molecular formula is C22H35N5O2. The zero-order valence-electron chi connectivity index (χ0n) is 18.2. The minimum atomic E-state index is 0.00468. The van der Waals surface area contributed by atoms with Gasteiger partial charge in [-0.3, -0.25) is 14.6 Å². The van der Waals surface area contributed by atoms with Crippen LogP contribution in [0.25, 0.3) is 0 Å². The summed E-state index contributed by atoms with van der Waals surface area (Å²) in [5.41, 5.74) is 1.79. The first-order valence-electron chi connectivity index (χ1n) is 10.4. The first kappa shape index (κ1) is 22.7. The summed E-state index contributed by atoms with van der Waals surface area (Å²) in [6.07, 6.45) is 3.57. The molecule has 0 bridgehead atoms. The zero-order valence-corrected chi connectivity index (χ0v) is 18.2. The molecule has 2 N–H and O–H groups in total. The molecule has 1 aromatic rings. The highest BCUT2D eigenvalue weighted by Crippen LogP contribution is 2.15. The Hall–Kier alpha value is -2.57. The molecule has 0 radical (unpaired) electrons. The van der Waals surface area contributed by atoms with Gasteiger partial charge in [0.25, 0.3) is 5.91 Å². The zero-order chi connectivity index (χ0) is 21.2. The molecule has 1 atom stereocenters. The van der Waals surface area contributed by atoms with Gasteiger partial charge in [0, 0.05) is 59.3 Å². The molecule has 0 aromatic heterocycles. The average Bonchev–Trinajstić information content (AvgIpc) is 2.72. The van der Waals surface area contributed by atoms with Crippen LogP contribution in [0.5, 0.6) is 0 Å². The minimum absolute atomic E-state index is 0.00468. The van der Waals surface area contributed by atoms with Gasteiger partial charge in [-0.1, -0.05) is 19.1 Å². The van der Waals surface area contributed by atoms with Crippen LogP contribution in [-0.2, 0) is 11.2 Å². The summed E-state index contributed by atoms with van der Waals surface area (Å²) in [7, 11) is 5.23. The lowest BCUT2D eigenvalue weighted by molar-refractivity contribution is -0.132. The lowest BCUT2D eigenvalue weighted by atomic mass is 10.00. The Morgan fingerprint density at radius 1 is 1.24 bits per heavy atom. The maximum atomic E-state index is 12.3. The number of nitrogens with one attached hydrogen (secondary N) is 2. The van der Waals surface area contributed by atoms with E-state index in [1.807, 2.05) is 29.2 Å². The highest BCUT2D eigenvalue weighted by Gasteiger charge is 2.20. The van der Waals surface area contributed by atoms with Gasteiger partial charge >= 0.3 is 0 Å². The van der Waals surface area contributed by atoms with E-state index in [1.54, 1.807) is 26.0 Å². The predicted octanol–water partition coefficient (Wildman–Crippen LogP) is 1.74. The van der Waals surface area contributed by atoms with Gasteiger partial charge in [0.2, 0.25) is 5.91 Å². The first-order valence-corrected chi connectivity index (χ1v) is 10.4. The van der Waals surface area contributed by atoms with Crippen LogP contribution in [-0.4, -0.2) is 74.9 Å². The number of benzene rings is 1. The van der Waals surface area contributed by atoms with E-state index in [-0.39, 0.29) is 11.8 Å². The lowest BCUT2D eigenvalue weighted by Crippen LogP contribution is -2.42. The molecule has 1 aliphatic rings. The summed E-state index contributed by atoms with van der Waals surface area (Å²) in [6.45, 7) is 5.22. The smallest absolute Gasteiger partial charge is 0.253 e. The fraction of sp³-hybridized carbons (Fsp3) is 0.591. The molecule has 2 rings (SSSR count). The van der Waals surface area contributed by atoms with Crippen molar-refractivity contribution in [2.24, 2.45) is 10.9 Å². The highest BCUT2D eigenvalue weighted by molar-refractivity contribution is 5.94. The standard InChI is InChI=1S/C22H35N5O2/c1-17-7-6-14-27(16-17)20(28)11-13-25-22(23-2)24-12-10-18-8-5-9-19(15-18)21(29)26(3)4/h5,8-9,15,17H,6-7,10-14,16H2,1-4H3,(H2,23,24,25). The quantitative estimate of drug-likeness (QED) is 0.539. The fourth-order valence-electron chi connectivity index (χ4n) is 3.53. The Morgan fingerprint density at radius 2 is 2.00 bits per heavy atom. The molecule has 7 nitrogen and oxygen atoms in total. The van der Waals surface area contributed by atoms with Crippen molar-refractivity contribution in [2.45, 2.75) is 32.6 Å². The van der Waals surface area contributed by atoms with Crippen molar-refractivity contribution in [3.05, 3.63) is 35.4 Å². The van der Waals surface area contributed by atoms with E-state index in [9.17, 15) is 9.59 Å². The normalized spacial score (nSPS) is 17.0. The number of guanidine groups is 1. The van der Waals surface area contributed by atoms with Crippen LogP contribution in [0.2, 0.25) is 0 Å². The topological polar surface area (TPSA) is 77.0 Å². The van der Waals surface area contributed by atoms with Crippen molar-refractivity contribution in [1.82, 2.24) is 20.4 Å². The lowest BCUT2D eigenvalue weighted by Gasteiger charge is -2.31. The Morgan fingerprint density at radius 3 is 2.69 bits per heavy atom. The molecule has 0 saturated carbocycles. The number of carbonyl (C=O) groups excluding carboxylic acids is 2. The molecule has 0 aliphatic carbocycles. The number of rotatable bonds is 7. The van der Waals surface area contributed by atoms with Crippen molar-refractivity contribution in [3.8, 4) is 0 Å². The molecule has 0 spiro atoms. The second-order valence-corrected chi connectivity index (χ2v) is 7.91. The van der Waals surface area contributed by atoms with Gasteiger partial charge in [-0.2, -0.15) is 0 Å². The predicted molar refractivity (Wildman–Crippen MR) is 117 cm³/mol. The summed E-state index contributed by atoms with van der Waals surface area (Å²) >= 11 is 0. The average molecular weight is 402 g/mol. The van der Waals surface area contributed by atoms with E-state index in [4.69, 9.17) is 0 Å². The molecular weight excluding hydrogens is 366 g/mol. The monoisotopic (exact) mass is 401 g/mol. The Kier molecular flexibility index (Phi) is 8.96. The van der Waals surface area contributed by atoms with Gasteiger partial charge in [0.15, 0.2) is 5.96 Å². The third-order valence-corrected chi connectivity index (χ3v) is 5.15. The fourth-order valence-corrected chi connectivity index (χ4v) is 3.53. The van der Waals surface area contributed by atoms with Gasteiger partial charge in [0.05, 0.1) is 0 Å². The summed E-state index contributed by atoms with van der Waals surface area (Å²) < 4.78 is 0. The van der Waals surface area contributed by atoms with Crippen LogP contribution in [0.3, 0.4) is 0 Å². The molecule has 2 amide bonds. The number of carbonyl (C=O) groups is 2. The molecule has 1 unspecified atom stereocenters. The van der Waals surface area contributed by atoms with Gasteiger partial charge < -0.3 is 20.4 Å². The third kappa shape index (κ3) is 7.40. The number of amides is 2. The van der Waals surface area contributed by atoms with Crippen LogP contribution in [0.15, 0.2) is 29.3 Å². The molecule has 1 saturated heterocycles. The number of hydrogen-bond donors (Lipinski definition) is 2. The van der Waals surface area contributed by atoms with Crippen LogP contribution in [0, 0.1) is 5.92 Å². The molecule has 29 heavy (non-hydrogen) atoms. The van der Waals surface area contributed by atoms with E-state index in [0.29, 0.717) is 37.0 Å². The van der Waals surface area contributed by atoms with Crippen molar-refractivity contribution in [2.75, 3.05) is 47.3 Å². The Bertz CT molecular complexity index is 717. The minimum Gasteiger partial charge on any atom is -0.356 e. The van der Waals surface area contributed by atoms with E-state index >= 15 is 0 Å². The maximum absolute atomic E-state index is 12.3. The number of aliphatic imine (C=N–C) groups is 1. The number of piperidine rings is 1. The van der Waals surface area contributed by atoms with Crippen molar-refractivity contribution in [1.29, 1.82) is 0 Å². The molecule has 1 fully saturated rings. The summed E-state index contributed by atoms with van der Waals surface area (Å²) in [5, 5.41) is 6.48. The molecule has 1 aliphatic heterocycles. The van der Waals surface area contributed by atoms with Gasteiger partial charge in [-0.15, -0.1) is 0 Å². The Labute approximate surface area is 174 Å². The molecule has 7 heteroatoms.